The molecule has 0 aromatic heterocycles. The molecule has 3 heteroatoms. The third-order valence-electron chi connectivity index (χ3n) is 3.47. The molecule has 0 bridgehead atoms. The van der Waals surface area contributed by atoms with Crippen LogP contribution in [0.5, 0.6) is 0 Å². The Hall–Kier alpha value is -0.510. The zero-order chi connectivity index (χ0) is 11.6. The minimum absolute atomic E-state index is 0.0134. The highest BCUT2D eigenvalue weighted by atomic mass is 32.2. The predicted octanol–water partition coefficient (Wildman–Crippen LogP) is 3.02. The van der Waals surface area contributed by atoms with E-state index in [0.717, 1.165) is 11.5 Å². The maximum atomic E-state index is 10.3. The highest BCUT2D eigenvalue weighted by Crippen LogP contribution is 2.40. The van der Waals surface area contributed by atoms with Crippen molar-refractivity contribution < 1.29 is 5.21 Å². The monoisotopic (exact) mass is 237 g/mol. The molecule has 1 saturated heterocycles. The molecule has 0 spiro atoms. The van der Waals surface area contributed by atoms with Gasteiger partial charge in [-0.1, -0.05) is 44.2 Å². The van der Waals surface area contributed by atoms with Gasteiger partial charge in [-0.2, -0.15) is 16.8 Å². The minimum Gasteiger partial charge on any atom is -0.313 e. The van der Waals surface area contributed by atoms with Crippen LogP contribution in [-0.2, 0) is 6.54 Å². The Morgan fingerprint density at radius 2 is 1.94 bits per heavy atom. The number of nitrogens with zero attached hydrogens (tertiary/aromatic N) is 1. The fraction of sp³-hybridized carbons (Fsp3) is 0.538. The Morgan fingerprint density at radius 1 is 1.31 bits per heavy atom. The van der Waals surface area contributed by atoms with E-state index in [4.69, 9.17) is 0 Å². The summed E-state index contributed by atoms with van der Waals surface area (Å²) in [5.41, 5.74) is 1.16. The number of hydrogen-bond acceptors (Lipinski definition) is 3. The second kappa shape index (κ2) is 4.78. The van der Waals surface area contributed by atoms with Crippen LogP contribution in [0, 0.1) is 5.92 Å². The molecule has 0 amide bonds. The molecule has 0 aliphatic carbocycles. The lowest BCUT2D eigenvalue weighted by Gasteiger charge is -2.49. The summed E-state index contributed by atoms with van der Waals surface area (Å²) < 4.78 is 0. The van der Waals surface area contributed by atoms with Crippen LogP contribution in [0.1, 0.15) is 19.4 Å². The van der Waals surface area contributed by atoms with Crippen molar-refractivity contribution >= 4 is 11.8 Å². The van der Waals surface area contributed by atoms with E-state index < -0.39 is 0 Å². The normalized spacial score (nSPS) is 18.8. The van der Waals surface area contributed by atoms with Gasteiger partial charge in [0.05, 0.1) is 5.54 Å². The number of rotatable bonds is 4. The maximum Gasteiger partial charge on any atom is 0.0667 e. The number of thioether (sulfide) groups is 1. The van der Waals surface area contributed by atoms with Gasteiger partial charge in [0.15, 0.2) is 0 Å². The van der Waals surface area contributed by atoms with E-state index in [1.54, 1.807) is 5.06 Å². The third-order valence-corrected chi connectivity index (χ3v) is 4.88. The van der Waals surface area contributed by atoms with Gasteiger partial charge in [0.25, 0.3) is 0 Å². The summed E-state index contributed by atoms with van der Waals surface area (Å²) in [4.78, 5) is 0. The van der Waals surface area contributed by atoms with Gasteiger partial charge in [0.2, 0.25) is 0 Å². The van der Waals surface area contributed by atoms with Crippen molar-refractivity contribution in [3.05, 3.63) is 35.9 Å². The van der Waals surface area contributed by atoms with E-state index in [1.165, 1.54) is 5.56 Å². The summed E-state index contributed by atoms with van der Waals surface area (Å²) in [7, 11) is 0. The average Bonchev–Trinajstić information content (AvgIpc) is 2.16. The lowest BCUT2D eigenvalue weighted by molar-refractivity contribution is -0.184. The molecule has 0 saturated carbocycles. The SMILES string of the molecule is CC(C)C1(N(O)Cc2ccccc2)CSC1. The highest BCUT2D eigenvalue weighted by Gasteiger charge is 2.45. The summed E-state index contributed by atoms with van der Waals surface area (Å²) in [5.74, 6) is 2.56. The summed E-state index contributed by atoms with van der Waals surface area (Å²) in [5, 5.41) is 11.8. The summed E-state index contributed by atoms with van der Waals surface area (Å²) in [6.45, 7) is 5.00. The van der Waals surface area contributed by atoms with E-state index in [2.05, 4.69) is 26.0 Å². The van der Waals surface area contributed by atoms with Crippen molar-refractivity contribution in [2.45, 2.75) is 25.9 Å². The van der Waals surface area contributed by atoms with Crippen molar-refractivity contribution in [3.8, 4) is 0 Å². The van der Waals surface area contributed by atoms with Crippen molar-refractivity contribution in [2.24, 2.45) is 5.92 Å². The quantitative estimate of drug-likeness (QED) is 0.814. The van der Waals surface area contributed by atoms with Crippen LogP contribution < -0.4 is 0 Å². The molecule has 88 valence electrons. The van der Waals surface area contributed by atoms with E-state index >= 15 is 0 Å². The summed E-state index contributed by atoms with van der Waals surface area (Å²) >= 11 is 1.91. The predicted molar refractivity (Wildman–Crippen MR) is 68.7 cm³/mol. The fourth-order valence-electron chi connectivity index (χ4n) is 2.01. The lowest BCUT2D eigenvalue weighted by atomic mass is 9.88. The zero-order valence-electron chi connectivity index (χ0n) is 9.89. The molecule has 0 radical (unpaired) electrons. The Balaban J connectivity index is 2.05. The number of hydrogen-bond donors (Lipinski definition) is 1. The molecule has 1 aliphatic rings. The standard InChI is InChI=1S/C13H19NOS/c1-11(2)13(9-16-10-13)14(15)8-12-6-4-3-5-7-12/h3-7,11,15H,8-10H2,1-2H3. The Morgan fingerprint density at radius 3 is 2.38 bits per heavy atom. The van der Waals surface area contributed by atoms with Gasteiger partial charge >= 0.3 is 0 Å². The minimum atomic E-state index is -0.0134. The van der Waals surface area contributed by atoms with Gasteiger partial charge in [-0.3, -0.25) is 0 Å². The van der Waals surface area contributed by atoms with Crippen LogP contribution in [0.2, 0.25) is 0 Å². The molecule has 1 aliphatic heterocycles. The lowest BCUT2D eigenvalue weighted by Crippen LogP contribution is -2.60. The molecule has 1 heterocycles. The van der Waals surface area contributed by atoms with Crippen molar-refractivity contribution in [3.63, 3.8) is 0 Å². The van der Waals surface area contributed by atoms with Crippen LogP contribution in [-0.4, -0.2) is 27.3 Å². The Kier molecular flexibility index (Phi) is 3.57. The van der Waals surface area contributed by atoms with Gasteiger partial charge in [-0.05, 0) is 11.5 Å². The third kappa shape index (κ3) is 2.12. The van der Waals surface area contributed by atoms with E-state index in [9.17, 15) is 5.21 Å². The second-order valence-corrected chi connectivity index (χ2v) is 5.78. The first-order valence-electron chi connectivity index (χ1n) is 5.73. The van der Waals surface area contributed by atoms with Crippen LogP contribution in [0.3, 0.4) is 0 Å². The van der Waals surface area contributed by atoms with Gasteiger partial charge in [-0.15, -0.1) is 0 Å². The Labute approximate surface area is 102 Å². The van der Waals surface area contributed by atoms with Crippen LogP contribution in [0.15, 0.2) is 30.3 Å². The van der Waals surface area contributed by atoms with Crippen LogP contribution in [0.25, 0.3) is 0 Å². The van der Waals surface area contributed by atoms with Crippen LogP contribution in [0.4, 0.5) is 0 Å². The molecule has 1 aromatic carbocycles. The number of hydroxylamine groups is 2. The molecule has 1 aromatic rings. The molecule has 2 nitrogen and oxygen atoms in total. The van der Waals surface area contributed by atoms with Crippen molar-refractivity contribution in [1.29, 1.82) is 0 Å². The average molecular weight is 237 g/mol. The van der Waals surface area contributed by atoms with Gasteiger partial charge in [-0.25, -0.2) is 0 Å². The van der Waals surface area contributed by atoms with Crippen LogP contribution >= 0.6 is 11.8 Å². The first-order chi connectivity index (χ1) is 7.65. The first kappa shape index (κ1) is 12.0. The molecule has 2 rings (SSSR count). The largest absolute Gasteiger partial charge is 0.313 e. The summed E-state index contributed by atoms with van der Waals surface area (Å²) in [6.07, 6.45) is 0. The van der Waals surface area contributed by atoms with Crippen molar-refractivity contribution in [1.82, 2.24) is 5.06 Å². The Bertz CT molecular complexity index is 335. The summed E-state index contributed by atoms with van der Waals surface area (Å²) in [6, 6.07) is 10.1. The number of benzene rings is 1. The molecule has 0 unspecified atom stereocenters. The van der Waals surface area contributed by atoms with E-state index in [1.807, 2.05) is 30.0 Å². The molecule has 1 fully saturated rings. The van der Waals surface area contributed by atoms with Gasteiger partial charge < -0.3 is 5.21 Å². The van der Waals surface area contributed by atoms with Gasteiger partial charge in [0.1, 0.15) is 0 Å². The zero-order valence-corrected chi connectivity index (χ0v) is 10.7. The second-order valence-electron chi connectivity index (χ2n) is 4.79. The smallest absolute Gasteiger partial charge is 0.0667 e. The molecule has 1 N–H and O–H groups in total. The van der Waals surface area contributed by atoms with Gasteiger partial charge in [0, 0.05) is 18.1 Å². The molecule has 16 heavy (non-hydrogen) atoms. The van der Waals surface area contributed by atoms with E-state index in [-0.39, 0.29) is 5.54 Å². The highest BCUT2D eigenvalue weighted by molar-refractivity contribution is 8.00. The van der Waals surface area contributed by atoms with E-state index in [0.29, 0.717) is 12.5 Å². The fourth-order valence-corrected chi connectivity index (χ4v) is 3.59. The van der Waals surface area contributed by atoms with Crippen molar-refractivity contribution in [2.75, 3.05) is 11.5 Å². The molecular formula is C13H19NOS. The maximum absolute atomic E-state index is 10.3. The first-order valence-corrected chi connectivity index (χ1v) is 6.89. The molecular weight excluding hydrogens is 218 g/mol. The molecule has 0 atom stereocenters. The topological polar surface area (TPSA) is 23.5 Å².